The van der Waals surface area contributed by atoms with Gasteiger partial charge < -0.3 is 22.1 Å². The average molecular weight is 328 g/mol. The second-order valence-corrected chi connectivity index (χ2v) is 7.06. The monoisotopic (exact) mass is 327 g/mol. The van der Waals surface area contributed by atoms with Gasteiger partial charge in [-0.25, -0.2) is 0 Å². The first-order valence-corrected chi connectivity index (χ1v) is 8.89. The average Bonchev–Trinajstić information content (AvgIpc) is 2.49. The topological polar surface area (TPSA) is 117 Å². The summed E-state index contributed by atoms with van der Waals surface area (Å²) in [7, 11) is 0. The number of unbranched alkanes of at least 4 members (excludes halogenated alkanes) is 3. The van der Waals surface area contributed by atoms with Crippen molar-refractivity contribution in [2.75, 3.05) is 13.1 Å². The number of carbonyl (C=O) groups excluding carboxylic acids is 1. The molecular weight excluding hydrogens is 290 g/mol. The van der Waals surface area contributed by atoms with Crippen LogP contribution >= 0.6 is 0 Å². The summed E-state index contributed by atoms with van der Waals surface area (Å²) in [6.07, 6.45) is 8.46. The Morgan fingerprint density at radius 1 is 1.09 bits per heavy atom. The normalized spacial score (nSPS) is 12.7. The van der Waals surface area contributed by atoms with Crippen molar-refractivity contribution < 1.29 is 4.79 Å². The second kappa shape index (κ2) is 12.2. The molecule has 0 heterocycles. The molecule has 0 radical (unpaired) electrons. The maximum Gasteiger partial charge on any atom is 0.236 e. The lowest BCUT2D eigenvalue weighted by molar-refractivity contribution is -0.122. The highest BCUT2D eigenvalue weighted by Crippen LogP contribution is 2.27. The van der Waals surface area contributed by atoms with Crippen LogP contribution < -0.4 is 22.1 Å². The number of rotatable bonds is 13. The third-order valence-electron chi connectivity index (χ3n) is 4.38. The van der Waals surface area contributed by atoms with Crippen molar-refractivity contribution in [2.45, 2.75) is 78.2 Å². The van der Waals surface area contributed by atoms with Crippen molar-refractivity contribution in [3.63, 3.8) is 0 Å². The van der Waals surface area contributed by atoms with Crippen molar-refractivity contribution in [1.82, 2.24) is 10.6 Å². The van der Waals surface area contributed by atoms with Gasteiger partial charge in [-0.05, 0) is 31.1 Å². The smallest absolute Gasteiger partial charge is 0.236 e. The first-order chi connectivity index (χ1) is 10.8. The van der Waals surface area contributed by atoms with Crippen LogP contribution in [0.3, 0.4) is 0 Å². The van der Waals surface area contributed by atoms with Crippen LogP contribution in [0.15, 0.2) is 0 Å². The highest BCUT2D eigenvalue weighted by Gasteiger charge is 2.14. The minimum atomic E-state index is -0.478. The van der Waals surface area contributed by atoms with E-state index in [4.69, 9.17) is 16.9 Å². The minimum Gasteiger partial charge on any atom is -0.370 e. The molecule has 6 heteroatoms. The molecule has 7 N–H and O–H groups in total. The standard InChI is InChI=1S/C17H37N5O/c1-4-17(2,3)11-7-5-6-8-12-21-15(23)14(18)10-9-13-22-16(19)20/h14H,4-13,18H2,1-3H3,(H,21,23)(H4,19,20,22). The zero-order valence-corrected chi connectivity index (χ0v) is 15.2. The van der Waals surface area contributed by atoms with Gasteiger partial charge in [-0.2, -0.15) is 0 Å². The van der Waals surface area contributed by atoms with E-state index < -0.39 is 6.04 Å². The summed E-state index contributed by atoms with van der Waals surface area (Å²) in [5.41, 5.74) is 11.5. The fraction of sp³-hybridized carbons (Fsp3) is 0.882. The number of hydrogen-bond acceptors (Lipinski definition) is 3. The number of hydrogen-bond donors (Lipinski definition) is 5. The zero-order valence-electron chi connectivity index (χ0n) is 15.2. The number of guanidine groups is 1. The summed E-state index contributed by atoms with van der Waals surface area (Å²) in [4.78, 5) is 11.8. The molecule has 23 heavy (non-hydrogen) atoms. The van der Waals surface area contributed by atoms with E-state index in [2.05, 4.69) is 31.4 Å². The van der Waals surface area contributed by atoms with Crippen molar-refractivity contribution in [1.29, 1.82) is 5.41 Å². The van der Waals surface area contributed by atoms with E-state index in [1.807, 2.05) is 0 Å². The first-order valence-electron chi connectivity index (χ1n) is 8.89. The van der Waals surface area contributed by atoms with E-state index in [-0.39, 0.29) is 11.9 Å². The molecule has 136 valence electrons. The summed E-state index contributed by atoms with van der Waals surface area (Å²) in [6.45, 7) is 8.16. The molecule has 0 rings (SSSR count). The Morgan fingerprint density at radius 2 is 1.70 bits per heavy atom. The molecule has 0 aromatic carbocycles. The number of nitrogens with two attached hydrogens (primary N) is 2. The van der Waals surface area contributed by atoms with Crippen molar-refractivity contribution >= 4 is 11.9 Å². The molecule has 1 atom stereocenters. The summed E-state index contributed by atoms with van der Waals surface area (Å²) < 4.78 is 0. The molecule has 0 aromatic rings. The SMILES string of the molecule is CCC(C)(C)CCCCCCNC(=O)C(N)CCCNC(=N)N. The summed E-state index contributed by atoms with van der Waals surface area (Å²) >= 11 is 0. The lowest BCUT2D eigenvalue weighted by Crippen LogP contribution is -2.41. The predicted molar refractivity (Wildman–Crippen MR) is 97.3 cm³/mol. The fourth-order valence-electron chi connectivity index (χ4n) is 2.28. The van der Waals surface area contributed by atoms with Gasteiger partial charge >= 0.3 is 0 Å². The predicted octanol–water partition coefficient (Wildman–Crippen LogP) is 2.08. The third-order valence-corrected chi connectivity index (χ3v) is 4.38. The highest BCUT2D eigenvalue weighted by molar-refractivity contribution is 5.81. The maximum atomic E-state index is 11.8. The molecule has 1 amide bonds. The molecule has 0 fully saturated rings. The van der Waals surface area contributed by atoms with E-state index in [1.165, 1.54) is 25.7 Å². The first kappa shape index (κ1) is 21.7. The van der Waals surface area contributed by atoms with Crippen LogP contribution in [0.25, 0.3) is 0 Å². The van der Waals surface area contributed by atoms with Gasteiger partial charge in [-0.3, -0.25) is 10.2 Å². The van der Waals surface area contributed by atoms with Gasteiger partial charge in [0.1, 0.15) is 0 Å². The molecule has 1 unspecified atom stereocenters. The summed E-state index contributed by atoms with van der Waals surface area (Å²) in [5.74, 6) is -0.134. The van der Waals surface area contributed by atoms with Gasteiger partial charge in [-0.15, -0.1) is 0 Å². The molecular formula is C17H37N5O. The second-order valence-electron chi connectivity index (χ2n) is 7.06. The van der Waals surface area contributed by atoms with E-state index >= 15 is 0 Å². The molecule has 0 aliphatic heterocycles. The Bertz CT molecular complexity index is 344. The number of nitrogens with one attached hydrogen (secondary N) is 3. The molecule has 0 aromatic heterocycles. The quantitative estimate of drug-likeness (QED) is 0.202. The largest absolute Gasteiger partial charge is 0.370 e. The molecule has 0 bridgehead atoms. The number of amides is 1. The van der Waals surface area contributed by atoms with Gasteiger partial charge in [0.25, 0.3) is 0 Å². The van der Waals surface area contributed by atoms with Gasteiger partial charge in [0.05, 0.1) is 6.04 Å². The molecule has 0 saturated heterocycles. The van der Waals surface area contributed by atoms with Crippen LogP contribution in [0.2, 0.25) is 0 Å². The van der Waals surface area contributed by atoms with Crippen LogP contribution in [-0.2, 0) is 4.79 Å². The fourth-order valence-corrected chi connectivity index (χ4v) is 2.28. The van der Waals surface area contributed by atoms with E-state index in [0.717, 1.165) is 19.3 Å². The van der Waals surface area contributed by atoms with Crippen molar-refractivity contribution in [3.05, 3.63) is 0 Å². The van der Waals surface area contributed by atoms with Gasteiger partial charge in [0, 0.05) is 13.1 Å². The maximum absolute atomic E-state index is 11.8. The van der Waals surface area contributed by atoms with E-state index in [1.54, 1.807) is 0 Å². The zero-order chi connectivity index (χ0) is 17.7. The molecule has 0 spiro atoms. The molecule has 0 aliphatic carbocycles. The summed E-state index contributed by atoms with van der Waals surface area (Å²) in [6, 6.07) is -0.478. The van der Waals surface area contributed by atoms with Gasteiger partial charge in [-0.1, -0.05) is 46.5 Å². The van der Waals surface area contributed by atoms with E-state index in [9.17, 15) is 4.79 Å². The molecule has 0 aliphatic rings. The van der Waals surface area contributed by atoms with Gasteiger partial charge in [0.2, 0.25) is 5.91 Å². The Morgan fingerprint density at radius 3 is 2.30 bits per heavy atom. The Hall–Kier alpha value is -1.30. The van der Waals surface area contributed by atoms with Gasteiger partial charge in [0.15, 0.2) is 5.96 Å². The Labute approximate surface area is 141 Å². The number of carbonyl (C=O) groups is 1. The summed E-state index contributed by atoms with van der Waals surface area (Å²) in [5, 5.41) is 12.6. The molecule has 6 nitrogen and oxygen atoms in total. The van der Waals surface area contributed by atoms with Crippen LogP contribution in [-0.4, -0.2) is 31.0 Å². The van der Waals surface area contributed by atoms with Crippen molar-refractivity contribution in [2.24, 2.45) is 16.9 Å². The highest BCUT2D eigenvalue weighted by atomic mass is 16.2. The minimum absolute atomic E-state index is 0.0506. The third kappa shape index (κ3) is 12.9. The Balaban J connectivity index is 3.53. The van der Waals surface area contributed by atoms with Crippen molar-refractivity contribution in [3.8, 4) is 0 Å². The van der Waals surface area contributed by atoms with Crippen LogP contribution in [0.1, 0.15) is 72.1 Å². The van der Waals surface area contributed by atoms with Crippen LogP contribution in [0.4, 0.5) is 0 Å². The lowest BCUT2D eigenvalue weighted by Gasteiger charge is -2.22. The van der Waals surface area contributed by atoms with E-state index in [0.29, 0.717) is 24.9 Å². The molecule has 0 saturated carbocycles. The van der Waals surface area contributed by atoms with Crippen LogP contribution in [0, 0.1) is 10.8 Å². The lowest BCUT2D eigenvalue weighted by atomic mass is 9.84. The van der Waals surface area contributed by atoms with Crippen LogP contribution in [0.5, 0.6) is 0 Å². The Kier molecular flexibility index (Phi) is 11.5.